The van der Waals surface area contributed by atoms with Gasteiger partial charge in [-0.3, -0.25) is 13.9 Å². The van der Waals surface area contributed by atoms with Gasteiger partial charge in [-0.2, -0.15) is 0 Å². The Labute approximate surface area is 285 Å². The largest absolute Gasteiger partial charge is 0.354 e. The van der Waals surface area contributed by atoms with Crippen molar-refractivity contribution in [2.24, 2.45) is 5.92 Å². The summed E-state index contributed by atoms with van der Waals surface area (Å²) in [6.45, 7) is 6.00. The van der Waals surface area contributed by atoms with E-state index in [1.54, 1.807) is 36.4 Å². The van der Waals surface area contributed by atoms with Crippen molar-refractivity contribution < 1.29 is 18.0 Å². The molecule has 4 aromatic carbocycles. The van der Waals surface area contributed by atoms with E-state index in [9.17, 15) is 18.0 Å². The molecule has 0 saturated heterocycles. The molecule has 46 heavy (non-hydrogen) atoms. The van der Waals surface area contributed by atoms with Crippen LogP contribution in [0.4, 0.5) is 5.69 Å². The molecule has 2 amide bonds. The van der Waals surface area contributed by atoms with Crippen LogP contribution >= 0.6 is 27.7 Å². The Balaban J connectivity index is 1.79. The number of thioether (sulfide) groups is 1. The number of nitrogens with zero attached hydrogens (tertiary/aromatic N) is 2. The molecule has 242 valence electrons. The lowest BCUT2D eigenvalue weighted by Gasteiger charge is -2.34. The summed E-state index contributed by atoms with van der Waals surface area (Å²) in [5, 5.41) is 3.02. The molecule has 0 aliphatic carbocycles. The highest BCUT2D eigenvalue weighted by Crippen LogP contribution is 2.27. The molecule has 0 aromatic heterocycles. The summed E-state index contributed by atoms with van der Waals surface area (Å²) >= 11 is 4.98. The van der Waals surface area contributed by atoms with E-state index in [-0.39, 0.29) is 29.7 Å². The van der Waals surface area contributed by atoms with Crippen LogP contribution in [0.15, 0.2) is 117 Å². The van der Waals surface area contributed by atoms with Gasteiger partial charge in [0, 0.05) is 28.9 Å². The Hall–Kier alpha value is -3.60. The first-order chi connectivity index (χ1) is 22.0. The van der Waals surface area contributed by atoms with Crippen LogP contribution in [0.5, 0.6) is 0 Å². The lowest BCUT2D eigenvalue weighted by molar-refractivity contribution is -0.140. The first-order valence-corrected chi connectivity index (χ1v) is 18.5. The number of carbonyl (C=O) groups excluding carboxylic acids is 2. The molecule has 0 heterocycles. The van der Waals surface area contributed by atoms with E-state index in [0.29, 0.717) is 12.2 Å². The van der Waals surface area contributed by atoms with Crippen LogP contribution in [0.3, 0.4) is 0 Å². The molecule has 0 saturated carbocycles. The van der Waals surface area contributed by atoms with Crippen LogP contribution in [0, 0.1) is 12.8 Å². The maximum atomic E-state index is 14.5. The normalized spacial score (nSPS) is 12.0. The van der Waals surface area contributed by atoms with Crippen LogP contribution in [-0.4, -0.2) is 50.5 Å². The molecule has 0 aliphatic rings. The van der Waals surface area contributed by atoms with Gasteiger partial charge in [0.2, 0.25) is 11.8 Å². The summed E-state index contributed by atoms with van der Waals surface area (Å²) in [6.07, 6.45) is 2.18. The lowest BCUT2D eigenvalue weighted by atomic mass is 10.0. The Bertz CT molecular complexity index is 1700. The van der Waals surface area contributed by atoms with E-state index < -0.39 is 28.5 Å². The van der Waals surface area contributed by atoms with Crippen molar-refractivity contribution in [3.05, 3.63) is 124 Å². The first kappa shape index (κ1) is 35.3. The van der Waals surface area contributed by atoms with Crippen molar-refractivity contribution >= 4 is 55.2 Å². The number of halogens is 1. The molecule has 4 aromatic rings. The molecule has 0 spiro atoms. The minimum Gasteiger partial charge on any atom is -0.354 e. The van der Waals surface area contributed by atoms with Gasteiger partial charge in [0.05, 0.1) is 10.6 Å². The molecule has 10 heteroatoms. The predicted molar refractivity (Wildman–Crippen MR) is 190 cm³/mol. The van der Waals surface area contributed by atoms with Crippen molar-refractivity contribution in [2.75, 3.05) is 23.7 Å². The van der Waals surface area contributed by atoms with Crippen LogP contribution < -0.4 is 9.62 Å². The third-order valence-corrected chi connectivity index (χ3v) is 10.5. The molecule has 0 fully saturated rings. The van der Waals surface area contributed by atoms with E-state index in [0.717, 1.165) is 30.4 Å². The van der Waals surface area contributed by atoms with Crippen LogP contribution in [0.1, 0.15) is 30.5 Å². The number of aryl methyl sites for hydroxylation is 1. The van der Waals surface area contributed by atoms with E-state index in [1.807, 2.05) is 93.8 Å². The van der Waals surface area contributed by atoms with Gasteiger partial charge in [-0.1, -0.05) is 89.9 Å². The predicted octanol–water partition coefficient (Wildman–Crippen LogP) is 7.09. The second-order valence-corrected chi connectivity index (χ2v) is 15.2. The van der Waals surface area contributed by atoms with Crippen LogP contribution in [0.2, 0.25) is 0 Å². The van der Waals surface area contributed by atoms with E-state index in [1.165, 1.54) is 16.7 Å². The number of carbonyl (C=O) groups is 2. The highest BCUT2D eigenvalue weighted by atomic mass is 79.9. The van der Waals surface area contributed by atoms with E-state index in [4.69, 9.17) is 0 Å². The summed E-state index contributed by atoms with van der Waals surface area (Å²) < 4.78 is 30.4. The van der Waals surface area contributed by atoms with Crippen LogP contribution in [-0.2, 0) is 32.6 Å². The zero-order chi connectivity index (χ0) is 33.3. The molecule has 0 unspecified atom stereocenters. The Morgan fingerprint density at radius 3 is 2.07 bits per heavy atom. The monoisotopic (exact) mass is 721 g/mol. The number of hydrogen-bond donors (Lipinski definition) is 1. The molecular formula is C36H40BrN3O4S2. The number of benzene rings is 4. The Kier molecular flexibility index (Phi) is 12.5. The summed E-state index contributed by atoms with van der Waals surface area (Å²) in [5.41, 5.74) is 3.01. The summed E-state index contributed by atoms with van der Waals surface area (Å²) in [4.78, 5) is 30.9. The quantitative estimate of drug-likeness (QED) is 0.141. The third-order valence-electron chi connectivity index (χ3n) is 7.47. The number of sulfonamides is 1. The van der Waals surface area contributed by atoms with Crippen molar-refractivity contribution in [1.29, 1.82) is 0 Å². The van der Waals surface area contributed by atoms with Gasteiger partial charge >= 0.3 is 0 Å². The lowest BCUT2D eigenvalue weighted by Crippen LogP contribution is -2.53. The van der Waals surface area contributed by atoms with E-state index in [2.05, 4.69) is 21.2 Å². The molecule has 0 aliphatic heterocycles. The van der Waals surface area contributed by atoms with Gasteiger partial charge in [-0.05, 0) is 78.8 Å². The average molecular weight is 723 g/mol. The zero-order valence-corrected chi connectivity index (χ0v) is 29.7. The van der Waals surface area contributed by atoms with Crippen molar-refractivity contribution in [3.8, 4) is 0 Å². The fraction of sp³-hybridized carbons (Fsp3) is 0.278. The average Bonchev–Trinajstić information content (AvgIpc) is 3.05. The molecule has 1 atom stereocenters. The van der Waals surface area contributed by atoms with Crippen LogP contribution in [0.25, 0.3) is 0 Å². The van der Waals surface area contributed by atoms with Gasteiger partial charge in [-0.25, -0.2) is 8.42 Å². The standard InChI is InChI=1S/C36H40BrN3O4S2/c1-26(2)23-38-36(42)34(22-28-8-6-5-7-9-28)39(24-29-12-14-30(37)15-13-29)35(41)25-40(31-16-10-27(3)11-17-31)46(43,44)33-20-18-32(45-4)19-21-33/h5-21,26,34H,22-25H2,1-4H3,(H,38,42)/t34-/m0/s1. The number of rotatable bonds is 14. The highest BCUT2D eigenvalue weighted by molar-refractivity contribution is 9.10. The third kappa shape index (κ3) is 9.47. The molecule has 0 bridgehead atoms. The second kappa shape index (κ2) is 16.3. The smallest absolute Gasteiger partial charge is 0.264 e. The minimum absolute atomic E-state index is 0.0775. The van der Waals surface area contributed by atoms with Gasteiger partial charge in [0.25, 0.3) is 10.0 Å². The maximum Gasteiger partial charge on any atom is 0.264 e. The zero-order valence-electron chi connectivity index (χ0n) is 26.5. The number of hydrogen-bond acceptors (Lipinski definition) is 5. The fourth-order valence-corrected chi connectivity index (χ4v) is 6.96. The van der Waals surface area contributed by atoms with Gasteiger partial charge in [0.15, 0.2) is 0 Å². The topological polar surface area (TPSA) is 86.8 Å². The van der Waals surface area contributed by atoms with Gasteiger partial charge in [-0.15, -0.1) is 11.8 Å². The van der Waals surface area contributed by atoms with Crippen molar-refractivity contribution in [1.82, 2.24) is 10.2 Å². The number of amides is 2. The molecule has 4 rings (SSSR count). The SMILES string of the molecule is CSc1ccc(S(=O)(=O)N(CC(=O)N(Cc2ccc(Br)cc2)[C@@H](Cc2ccccc2)C(=O)NCC(C)C)c2ccc(C)cc2)cc1. The summed E-state index contributed by atoms with van der Waals surface area (Å²) in [6, 6.07) is 29.8. The highest BCUT2D eigenvalue weighted by Gasteiger charge is 2.34. The van der Waals surface area contributed by atoms with Gasteiger partial charge < -0.3 is 10.2 Å². The van der Waals surface area contributed by atoms with Crippen molar-refractivity contribution in [2.45, 2.75) is 49.6 Å². The summed E-state index contributed by atoms with van der Waals surface area (Å²) in [7, 11) is -4.16. The number of anilines is 1. The van der Waals surface area contributed by atoms with Gasteiger partial charge in [0.1, 0.15) is 12.6 Å². The Morgan fingerprint density at radius 1 is 0.848 bits per heavy atom. The second-order valence-electron chi connectivity index (χ2n) is 11.5. The molecule has 0 radical (unpaired) electrons. The fourth-order valence-electron chi connectivity index (χ4n) is 4.88. The maximum absolute atomic E-state index is 14.5. The molecule has 1 N–H and O–H groups in total. The Morgan fingerprint density at radius 2 is 1.48 bits per heavy atom. The number of nitrogens with one attached hydrogen (secondary N) is 1. The van der Waals surface area contributed by atoms with Crippen molar-refractivity contribution in [3.63, 3.8) is 0 Å². The minimum atomic E-state index is -4.16. The molecule has 7 nitrogen and oxygen atoms in total. The first-order valence-electron chi connectivity index (χ1n) is 15.1. The summed E-state index contributed by atoms with van der Waals surface area (Å²) in [5.74, 6) is -0.578. The molecular weight excluding hydrogens is 682 g/mol. The van der Waals surface area contributed by atoms with E-state index >= 15 is 0 Å².